The van der Waals surface area contributed by atoms with Gasteiger partial charge in [0.05, 0.1) is 11.6 Å². The van der Waals surface area contributed by atoms with Crippen molar-refractivity contribution in [2.24, 2.45) is 0 Å². The van der Waals surface area contributed by atoms with E-state index in [-0.39, 0.29) is 39.9 Å². The largest absolute Gasteiger partial charge is 0.465 e. The van der Waals surface area contributed by atoms with Gasteiger partial charge in [0.15, 0.2) is 0 Å². The van der Waals surface area contributed by atoms with E-state index in [9.17, 15) is 27.9 Å². The molecular formula is C23H25Cl2N5O6S. The van der Waals surface area contributed by atoms with Crippen molar-refractivity contribution < 1.29 is 27.9 Å². The first kappa shape index (κ1) is 27.1. The summed E-state index contributed by atoms with van der Waals surface area (Å²) in [6.45, 7) is 3.01. The molecule has 0 aliphatic carbocycles. The van der Waals surface area contributed by atoms with Gasteiger partial charge in [-0.25, -0.2) is 13.2 Å². The van der Waals surface area contributed by atoms with Crippen LogP contribution in [0.4, 0.5) is 4.79 Å². The molecule has 198 valence electrons. The topological polar surface area (TPSA) is 140 Å². The second kappa shape index (κ2) is 10.4. The summed E-state index contributed by atoms with van der Waals surface area (Å²) in [4.78, 5) is 45.2. The van der Waals surface area contributed by atoms with E-state index in [1.165, 1.54) is 28.0 Å². The van der Waals surface area contributed by atoms with Crippen LogP contribution < -0.4 is 5.32 Å². The number of rotatable bonds is 6. The molecule has 2 aromatic rings. The van der Waals surface area contributed by atoms with Crippen LogP contribution in [0.25, 0.3) is 0 Å². The van der Waals surface area contributed by atoms with E-state index >= 15 is 0 Å². The summed E-state index contributed by atoms with van der Waals surface area (Å²) in [6.07, 6.45) is 0.582. The first-order chi connectivity index (χ1) is 17.4. The minimum Gasteiger partial charge on any atom is -0.465 e. The number of carbonyl (C=O) groups excluding carboxylic acids is 2. The summed E-state index contributed by atoms with van der Waals surface area (Å²) in [5.74, 6) is -1.06. The van der Waals surface area contributed by atoms with Crippen LogP contribution in [-0.2, 0) is 26.0 Å². The van der Waals surface area contributed by atoms with E-state index in [1.54, 1.807) is 38.4 Å². The summed E-state index contributed by atoms with van der Waals surface area (Å²) in [7, 11) is -4.37. The molecule has 11 nitrogen and oxygen atoms in total. The fourth-order valence-electron chi connectivity index (χ4n) is 4.68. The maximum absolute atomic E-state index is 13.9. The van der Waals surface area contributed by atoms with E-state index in [4.69, 9.17) is 23.2 Å². The molecule has 4 rings (SSSR count). The van der Waals surface area contributed by atoms with Crippen LogP contribution in [0.5, 0.6) is 0 Å². The third kappa shape index (κ3) is 5.24. The van der Waals surface area contributed by atoms with Crippen molar-refractivity contribution in [2.75, 3.05) is 13.1 Å². The van der Waals surface area contributed by atoms with E-state index < -0.39 is 46.8 Å². The molecule has 2 aliphatic rings. The van der Waals surface area contributed by atoms with Gasteiger partial charge in [0, 0.05) is 36.4 Å². The Labute approximate surface area is 224 Å². The maximum Gasteiger partial charge on any atom is 0.405 e. The number of fused-ring (bicyclic) bond motifs is 1. The summed E-state index contributed by atoms with van der Waals surface area (Å²) >= 11 is 12.2. The highest BCUT2D eigenvalue weighted by atomic mass is 35.5. The molecule has 0 spiro atoms. The Kier molecular flexibility index (Phi) is 7.65. The molecule has 3 heterocycles. The van der Waals surface area contributed by atoms with Crippen LogP contribution in [0.2, 0.25) is 10.0 Å². The second-order valence-electron chi connectivity index (χ2n) is 9.04. The number of hydrogen-bond donors (Lipinski definition) is 2. The quantitative estimate of drug-likeness (QED) is 0.542. The van der Waals surface area contributed by atoms with Crippen molar-refractivity contribution in [3.05, 3.63) is 58.3 Å². The number of sulfonamides is 1. The minimum absolute atomic E-state index is 0.0630. The van der Waals surface area contributed by atoms with E-state index in [0.717, 1.165) is 4.31 Å². The Morgan fingerprint density at radius 3 is 2.51 bits per heavy atom. The summed E-state index contributed by atoms with van der Waals surface area (Å²) in [6, 6.07) is 4.52. The lowest BCUT2D eigenvalue weighted by atomic mass is 9.97. The Balaban J connectivity index is 1.85. The molecule has 3 atom stereocenters. The summed E-state index contributed by atoms with van der Waals surface area (Å²) < 4.78 is 28.8. The second-order valence-corrected chi connectivity index (χ2v) is 11.7. The number of hydrogen-bond acceptors (Lipinski definition) is 6. The molecule has 1 aromatic heterocycles. The SMILES string of the molecule is CC(C)N1CC2N(C(=O)C(NC(=O)O)CN2S(=O)(=O)c2ccc(Cl)cc2Cl)C(Cc2cccnc2)C1=O. The predicted molar refractivity (Wildman–Crippen MR) is 135 cm³/mol. The zero-order valence-electron chi connectivity index (χ0n) is 19.9. The lowest BCUT2D eigenvalue weighted by Gasteiger charge is -2.54. The lowest BCUT2D eigenvalue weighted by molar-refractivity contribution is -0.168. The molecule has 2 N–H and O–H groups in total. The maximum atomic E-state index is 13.9. The summed E-state index contributed by atoms with van der Waals surface area (Å²) in [5, 5.41) is 11.6. The van der Waals surface area contributed by atoms with Gasteiger partial charge in [-0.05, 0) is 43.7 Å². The molecule has 2 aliphatic heterocycles. The highest BCUT2D eigenvalue weighted by molar-refractivity contribution is 7.89. The predicted octanol–water partition coefficient (Wildman–Crippen LogP) is 2.05. The number of nitrogens with one attached hydrogen (secondary N) is 1. The number of carbonyl (C=O) groups is 3. The number of aromatic nitrogens is 1. The van der Waals surface area contributed by atoms with Gasteiger partial charge in [-0.3, -0.25) is 14.6 Å². The number of benzene rings is 1. The van der Waals surface area contributed by atoms with Gasteiger partial charge in [-0.1, -0.05) is 29.3 Å². The first-order valence-corrected chi connectivity index (χ1v) is 13.6. The molecule has 2 saturated heterocycles. The Morgan fingerprint density at radius 2 is 1.92 bits per heavy atom. The van der Waals surface area contributed by atoms with Crippen LogP contribution in [0.15, 0.2) is 47.6 Å². The molecule has 0 radical (unpaired) electrons. The van der Waals surface area contributed by atoms with Gasteiger partial charge < -0.3 is 20.2 Å². The van der Waals surface area contributed by atoms with Gasteiger partial charge >= 0.3 is 6.09 Å². The van der Waals surface area contributed by atoms with E-state index in [0.29, 0.717) is 5.56 Å². The molecule has 2 fully saturated rings. The van der Waals surface area contributed by atoms with Gasteiger partial charge in [0.1, 0.15) is 23.1 Å². The normalized spacial score (nSPS) is 22.8. The standard InChI is InChI=1S/C23H25Cl2N5O6S/c1-13(2)28-12-20-29(37(35,36)19-6-5-15(24)9-16(19)25)11-17(27-23(33)34)21(31)30(20)18(22(28)32)8-14-4-3-7-26-10-14/h3-7,9-10,13,17-18,20,27H,8,11-12H2,1-2H3,(H,33,34). The lowest BCUT2D eigenvalue weighted by Crippen LogP contribution is -2.76. The van der Waals surface area contributed by atoms with Crippen LogP contribution in [0.3, 0.4) is 0 Å². The Hall–Kier alpha value is -2.93. The van der Waals surface area contributed by atoms with Crippen molar-refractivity contribution in [2.45, 2.75) is 49.5 Å². The zero-order valence-corrected chi connectivity index (χ0v) is 22.2. The van der Waals surface area contributed by atoms with Crippen molar-refractivity contribution >= 4 is 51.1 Å². The van der Waals surface area contributed by atoms with Crippen LogP contribution >= 0.6 is 23.2 Å². The number of amides is 3. The van der Waals surface area contributed by atoms with Crippen molar-refractivity contribution in [3.63, 3.8) is 0 Å². The number of halogens is 2. The number of pyridine rings is 1. The van der Waals surface area contributed by atoms with E-state index in [1.807, 2.05) is 0 Å². The summed E-state index contributed by atoms with van der Waals surface area (Å²) in [5.41, 5.74) is 0.654. The van der Waals surface area contributed by atoms with Crippen LogP contribution in [-0.4, -0.2) is 87.9 Å². The molecular weight excluding hydrogens is 545 g/mol. The van der Waals surface area contributed by atoms with Crippen molar-refractivity contribution in [3.8, 4) is 0 Å². The fourth-order valence-corrected chi connectivity index (χ4v) is 7.01. The number of carboxylic acid groups (broad SMARTS) is 1. The average Bonchev–Trinajstić information content (AvgIpc) is 2.82. The molecule has 0 saturated carbocycles. The highest BCUT2D eigenvalue weighted by Gasteiger charge is 2.54. The Morgan fingerprint density at radius 1 is 1.19 bits per heavy atom. The molecule has 14 heteroatoms. The molecule has 3 unspecified atom stereocenters. The third-order valence-electron chi connectivity index (χ3n) is 6.39. The minimum atomic E-state index is -4.37. The molecule has 3 amide bonds. The first-order valence-electron chi connectivity index (χ1n) is 11.4. The zero-order chi connectivity index (χ0) is 27.1. The van der Waals surface area contributed by atoms with Crippen LogP contribution in [0.1, 0.15) is 19.4 Å². The van der Waals surface area contributed by atoms with Gasteiger partial charge in [0.25, 0.3) is 0 Å². The van der Waals surface area contributed by atoms with Crippen molar-refractivity contribution in [1.29, 1.82) is 0 Å². The van der Waals surface area contributed by atoms with Gasteiger partial charge in [-0.2, -0.15) is 4.31 Å². The fraction of sp³-hybridized carbons (Fsp3) is 0.391. The number of nitrogens with zero attached hydrogens (tertiary/aromatic N) is 4. The highest BCUT2D eigenvalue weighted by Crippen LogP contribution is 2.35. The molecule has 0 bridgehead atoms. The third-order valence-corrected chi connectivity index (χ3v) is 8.97. The molecule has 37 heavy (non-hydrogen) atoms. The van der Waals surface area contributed by atoms with Crippen LogP contribution in [0, 0.1) is 0 Å². The number of piperazine rings is 1. The smallest absolute Gasteiger partial charge is 0.405 e. The Bertz CT molecular complexity index is 1330. The van der Waals surface area contributed by atoms with Gasteiger partial charge in [-0.15, -0.1) is 0 Å². The van der Waals surface area contributed by atoms with E-state index in [2.05, 4.69) is 10.3 Å². The average molecular weight is 570 g/mol. The van der Waals surface area contributed by atoms with Crippen molar-refractivity contribution in [1.82, 2.24) is 24.4 Å². The van der Waals surface area contributed by atoms with Gasteiger partial charge in [0.2, 0.25) is 21.8 Å². The molecule has 1 aromatic carbocycles. The monoisotopic (exact) mass is 569 g/mol.